The van der Waals surface area contributed by atoms with Gasteiger partial charge in [-0.25, -0.2) is 4.39 Å². The fourth-order valence-electron chi connectivity index (χ4n) is 1.39. The van der Waals surface area contributed by atoms with Gasteiger partial charge in [-0.1, -0.05) is 12.1 Å². The summed E-state index contributed by atoms with van der Waals surface area (Å²) < 4.78 is 18.2. The molecule has 3 nitrogen and oxygen atoms in total. The van der Waals surface area contributed by atoms with Crippen LogP contribution in [0.3, 0.4) is 0 Å². The lowest BCUT2D eigenvalue weighted by Crippen LogP contribution is -2.12. The van der Waals surface area contributed by atoms with E-state index in [1.165, 1.54) is 12.3 Å². The van der Waals surface area contributed by atoms with Crippen molar-refractivity contribution in [1.82, 2.24) is 0 Å². The monoisotopic (exact) mass is 221 g/mol. The average Bonchev–Trinajstić information content (AvgIpc) is 2.81. The quantitative estimate of drug-likeness (QED) is 0.834. The summed E-state index contributed by atoms with van der Waals surface area (Å²) in [6.07, 6.45) is 0.705. The highest BCUT2D eigenvalue weighted by Crippen LogP contribution is 2.16. The molecule has 0 fully saturated rings. The molecule has 2 N–H and O–H groups in total. The van der Waals surface area contributed by atoms with Crippen LogP contribution in [-0.2, 0) is 0 Å². The molecule has 1 unspecified atom stereocenters. The molecular formula is C12H12FNO2. The van der Waals surface area contributed by atoms with Crippen LogP contribution in [0.5, 0.6) is 0 Å². The minimum Gasteiger partial charge on any atom is -0.467 e. The maximum atomic E-state index is 13.2. The van der Waals surface area contributed by atoms with Crippen molar-refractivity contribution in [3.05, 3.63) is 54.2 Å². The second kappa shape index (κ2) is 4.81. The van der Waals surface area contributed by atoms with Gasteiger partial charge in [-0.3, -0.25) is 0 Å². The number of rotatable bonds is 4. The number of benzene rings is 1. The van der Waals surface area contributed by atoms with E-state index in [9.17, 15) is 9.50 Å². The van der Waals surface area contributed by atoms with Gasteiger partial charge in [0.15, 0.2) is 0 Å². The number of aliphatic hydroxyl groups excluding tert-OH is 1. The number of anilines is 1. The smallest absolute Gasteiger partial charge is 0.146 e. The lowest BCUT2D eigenvalue weighted by Gasteiger charge is -2.10. The van der Waals surface area contributed by atoms with E-state index in [2.05, 4.69) is 5.32 Å². The molecule has 4 heteroatoms. The van der Waals surface area contributed by atoms with E-state index in [4.69, 9.17) is 4.42 Å². The molecule has 1 heterocycles. The maximum Gasteiger partial charge on any atom is 0.146 e. The molecule has 0 amide bonds. The molecule has 0 saturated heterocycles. The molecule has 0 aliphatic rings. The van der Waals surface area contributed by atoms with Crippen molar-refractivity contribution < 1.29 is 13.9 Å². The van der Waals surface area contributed by atoms with Gasteiger partial charge in [0.05, 0.1) is 12.0 Å². The summed E-state index contributed by atoms with van der Waals surface area (Å²) >= 11 is 0. The second-order valence-electron chi connectivity index (χ2n) is 3.39. The van der Waals surface area contributed by atoms with Crippen molar-refractivity contribution in [2.45, 2.75) is 6.10 Å². The first kappa shape index (κ1) is 10.7. The number of hydrogen-bond acceptors (Lipinski definition) is 3. The van der Waals surface area contributed by atoms with E-state index in [0.29, 0.717) is 11.4 Å². The van der Waals surface area contributed by atoms with E-state index in [1.807, 2.05) is 0 Å². The number of para-hydroxylation sites is 1. The highest BCUT2D eigenvalue weighted by Gasteiger charge is 2.10. The summed E-state index contributed by atoms with van der Waals surface area (Å²) in [7, 11) is 0. The Morgan fingerprint density at radius 2 is 2.06 bits per heavy atom. The van der Waals surface area contributed by atoms with Crippen LogP contribution in [0.1, 0.15) is 11.9 Å². The van der Waals surface area contributed by atoms with Crippen molar-refractivity contribution in [3.8, 4) is 0 Å². The SMILES string of the molecule is OC(CNc1ccccc1F)c1ccco1. The molecule has 1 atom stereocenters. The Labute approximate surface area is 92.5 Å². The van der Waals surface area contributed by atoms with Gasteiger partial charge in [0.1, 0.15) is 17.7 Å². The summed E-state index contributed by atoms with van der Waals surface area (Å²) in [5, 5.41) is 12.5. The predicted molar refractivity (Wildman–Crippen MR) is 58.6 cm³/mol. The third-order valence-corrected chi connectivity index (χ3v) is 2.23. The molecule has 2 rings (SSSR count). The highest BCUT2D eigenvalue weighted by atomic mass is 19.1. The number of hydrogen-bond donors (Lipinski definition) is 2. The fourth-order valence-corrected chi connectivity index (χ4v) is 1.39. The lowest BCUT2D eigenvalue weighted by molar-refractivity contribution is 0.162. The first-order valence-electron chi connectivity index (χ1n) is 4.97. The molecule has 0 saturated carbocycles. The highest BCUT2D eigenvalue weighted by molar-refractivity contribution is 5.44. The normalized spacial score (nSPS) is 12.4. The average molecular weight is 221 g/mol. The summed E-state index contributed by atoms with van der Waals surface area (Å²) in [4.78, 5) is 0. The van der Waals surface area contributed by atoms with Crippen LogP contribution in [0, 0.1) is 5.82 Å². The molecular weight excluding hydrogens is 209 g/mol. The number of halogens is 1. The molecule has 1 aromatic carbocycles. The van der Waals surface area contributed by atoms with E-state index in [1.54, 1.807) is 30.3 Å². The molecule has 0 aliphatic carbocycles. The van der Waals surface area contributed by atoms with Crippen molar-refractivity contribution in [2.75, 3.05) is 11.9 Å². The van der Waals surface area contributed by atoms with Crippen molar-refractivity contribution in [2.24, 2.45) is 0 Å². The second-order valence-corrected chi connectivity index (χ2v) is 3.39. The van der Waals surface area contributed by atoms with Gasteiger partial charge in [-0.2, -0.15) is 0 Å². The van der Waals surface area contributed by atoms with E-state index >= 15 is 0 Å². The zero-order valence-corrected chi connectivity index (χ0v) is 8.56. The van der Waals surface area contributed by atoms with Crippen LogP contribution < -0.4 is 5.32 Å². The van der Waals surface area contributed by atoms with Crippen LogP contribution in [0.4, 0.5) is 10.1 Å². The van der Waals surface area contributed by atoms with Crippen molar-refractivity contribution in [3.63, 3.8) is 0 Å². The molecule has 84 valence electrons. The Kier molecular flexibility index (Phi) is 3.22. The van der Waals surface area contributed by atoms with Gasteiger partial charge in [0.2, 0.25) is 0 Å². The Bertz CT molecular complexity index is 442. The Balaban J connectivity index is 1.95. The van der Waals surface area contributed by atoms with Gasteiger partial charge in [-0.15, -0.1) is 0 Å². The summed E-state index contributed by atoms with van der Waals surface area (Å²) in [5.41, 5.74) is 0.369. The van der Waals surface area contributed by atoms with E-state index in [0.717, 1.165) is 0 Å². The standard InChI is InChI=1S/C12H12FNO2/c13-9-4-1-2-5-10(9)14-8-11(15)12-6-3-7-16-12/h1-7,11,14-15H,8H2. The Hall–Kier alpha value is -1.81. The maximum absolute atomic E-state index is 13.2. The topological polar surface area (TPSA) is 45.4 Å². The van der Waals surface area contributed by atoms with Gasteiger partial charge >= 0.3 is 0 Å². The van der Waals surface area contributed by atoms with Crippen molar-refractivity contribution >= 4 is 5.69 Å². The third kappa shape index (κ3) is 2.41. The van der Waals surface area contributed by atoms with Gasteiger partial charge in [0, 0.05) is 6.54 Å². The Morgan fingerprint density at radius 3 is 2.75 bits per heavy atom. The van der Waals surface area contributed by atoms with Gasteiger partial charge < -0.3 is 14.8 Å². The first-order chi connectivity index (χ1) is 7.77. The number of aliphatic hydroxyl groups is 1. The predicted octanol–water partition coefficient (Wildman–Crippen LogP) is 2.56. The fraction of sp³-hybridized carbons (Fsp3) is 0.167. The summed E-state index contributed by atoms with van der Waals surface area (Å²) in [5.74, 6) is 0.123. The summed E-state index contributed by atoms with van der Waals surface area (Å²) in [6, 6.07) is 9.69. The first-order valence-corrected chi connectivity index (χ1v) is 4.97. The molecule has 16 heavy (non-hydrogen) atoms. The van der Waals surface area contributed by atoms with Crippen molar-refractivity contribution in [1.29, 1.82) is 0 Å². The van der Waals surface area contributed by atoms with Gasteiger partial charge in [-0.05, 0) is 24.3 Å². The Morgan fingerprint density at radius 1 is 1.25 bits per heavy atom. The lowest BCUT2D eigenvalue weighted by atomic mass is 10.2. The molecule has 2 aromatic rings. The van der Waals surface area contributed by atoms with Crippen LogP contribution in [-0.4, -0.2) is 11.7 Å². The number of furan rings is 1. The number of nitrogens with one attached hydrogen (secondary N) is 1. The minimum absolute atomic E-state index is 0.203. The molecule has 0 aliphatic heterocycles. The van der Waals surface area contributed by atoms with E-state index in [-0.39, 0.29) is 12.4 Å². The van der Waals surface area contributed by atoms with E-state index < -0.39 is 6.10 Å². The summed E-state index contributed by atoms with van der Waals surface area (Å²) in [6.45, 7) is 0.203. The largest absolute Gasteiger partial charge is 0.467 e. The van der Waals surface area contributed by atoms with Crippen LogP contribution in [0.15, 0.2) is 47.1 Å². The third-order valence-electron chi connectivity index (χ3n) is 2.23. The van der Waals surface area contributed by atoms with Crippen LogP contribution in [0.25, 0.3) is 0 Å². The molecule has 0 bridgehead atoms. The van der Waals surface area contributed by atoms with Crippen LogP contribution >= 0.6 is 0 Å². The zero-order chi connectivity index (χ0) is 11.4. The molecule has 0 radical (unpaired) electrons. The zero-order valence-electron chi connectivity index (χ0n) is 8.56. The molecule has 0 spiro atoms. The minimum atomic E-state index is -0.783. The van der Waals surface area contributed by atoms with Gasteiger partial charge in [0.25, 0.3) is 0 Å². The molecule has 1 aromatic heterocycles. The van der Waals surface area contributed by atoms with Crippen LogP contribution in [0.2, 0.25) is 0 Å².